The largest absolute Gasteiger partial charge is 0.398 e. The third-order valence-electron chi connectivity index (χ3n) is 3.34. The van der Waals surface area contributed by atoms with Gasteiger partial charge in [-0.15, -0.1) is 0 Å². The minimum Gasteiger partial charge on any atom is -0.398 e. The molecule has 0 saturated carbocycles. The Morgan fingerprint density at radius 1 is 1.53 bits per heavy atom. The second-order valence-electron chi connectivity index (χ2n) is 4.60. The van der Waals surface area contributed by atoms with Crippen LogP contribution in [-0.2, 0) is 4.74 Å². The van der Waals surface area contributed by atoms with Crippen molar-refractivity contribution in [3.05, 3.63) is 29.8 Å². The summed E-state index contributed by atoms with van der Waals surface area (Å²) in [6.45, 7) is 2.16. The minimum absolute atomic E-state index is 0.412. The first kappa shape index (κ1) is 12.4. The van der Waals surface area contributed by atoms with Crippen molar-refractivity contribution in [1.82, 2.24) is 4.90 Å². The molecule has 2 unspecified atom stereocenters. The van der Waals surface area contributed by atoms with Crippen molar-refractivity contribution in [2.24, 2.45) is 0 Å². The fourth-order valence-electron chi connectivity index (χ4n) is 2.20. The van der Waals surface area contributed by atoms with Gasteiger partial charge in [0.2, 0.25) is 0 Å². The molecule has 0 aliphatic carbocycles. The Morgan fingerprint density at radius 3 is 2.94 bits per heavy atom. The number of benzene rings is 1. The van der Waals surface area contributed by atoms with Crippen molar-refractivity contribution in [3.63, 3.8) is 0 Å². The van der Waals surface area contributed by atoms with Gasteiger partial charge in [-0.2, -0.15) is 0 Å². The molecule has 1 aromatic rings. The molecule has 4 heteroatoms. The van der Waals surface area contributed by atoms with Crippen molar-refractivity contribution in [1.29, 1.82) is 0 Å². The monoisotopic (exact) mass is 236 g/mol. The van der Waals surface area contributed by atoms with E-state index >= 15 is 0 Å². The Morgan fingerprint density at radius 2 is 2.29 bits per heavy atom. The van der Waals surface area contributed by atoms with Crippen molar-refractivity contribution < 1.29 is 9.84 Å². The highest BCUT2D eigenvalue weighted by atomic mass is 16.5. The maximum absolute atomic E-state index is 10.2. The summed E-state index contributed by atoms with van der Waals surface area (Å²) in [5.41, 5.74) is 7.30. The molecule has 0 bridgehead atoms. The number of nitrogens with two attached hydrogens (primary N) is 1. The second-order valence-corrected chi connectivity index (χ2v) is 4.60. The zero-order valence-corrected chi connectivity index (χ0v) is 10.2. The van der Waals surface area contributed by atoms with E-state index < -0.39 is 6.10 Å². The highest BCUT2D eigenvalue weighted by molar-refractivity contribution is 5.47. The predicted octanol–water partition coefficient (Wildman–Crippen LogP) is 1.02. The fourth-order valence-corrected chi connectivity index (χ4v) is 2.20. The van der Waals surface area contributed by atoms with Crippen LogP contribution in [-0.4, -0.2) is 42.9 Å². The third kappa shape index (κ3) is 2.97. The van der Waals surface area contributed by atoms with E-state index in [1.54, 1.807) is 0 Å². The van der Waals surface area contributed by atoms with Crippen LogP contribution in [0.3, 0.4) is 0 Å². The van der Waals surface area contributed by atoms with Crippen molar-refractivity contribution in [2.75, 3.05) is 32.5 Å². The lowest BCUT2D eigenvalue weighted by molar-refractivity contribution is 0.0954. The molecule has 1 aromatic carbocycles. The molecule has 1 heterocycles. The molecule has 2 atom stereocenters. The van der Waals surface area contributed by atoms with Gasteiger partial charge in [-0.25, -0.2) is 0 Å². The average Bonchev–Trinajstić information content (AvgIpc) is 2.82. The van der Waals surface area contributed by atoms with E-state index in [-0.39, 0.29) is 0 Å². The Hall–Kier alpha value is -1.10. The summed E-state index contributed by atoms with van der Waals surface area (Å²) in [5.74, 6) is 0. The number of ether oxygens (including phenoxy) is 1. The molecule has 1 aliphatic heterocycles. The summed E-state index contributed by atoms with van der Waals surface area (Å²) in [6, 6.07) is 7.87. The Kier molecular flexibility index (Phi) is 3.99. The van der Waals surface area contributed by atoms with Crippen molar-refractivity contribution in [3.8, 4) is 0 Å². The number of para-hydroxylation sites is 1. The van der Waals surface area contributed by atoms with Crippen LogP contribution in [0.2, 0.25) is 0 Å². The van der Waals surface area contributed by atoms with Gasteiger partial charge >= 0.3 is 0 Å². The van der Waals surface area contributed by atoms with Gasteiger partial charge in [-0.05, 0) is 19.5 Å². The molecule has 0 aromatic heterocycles. The van der Waals surface area contributed by atoms with Crippen LogP contribution in [0.1, 0.15) is 18.1 Å². The second kappa shape index (κ2) is 5.49. The molecule has 0 radical (unpaired) electrons. The lowest BCUT2D eigenvalue weighted by Crippen LogP contribution is -2.35. The van der Waals surface area contributed by atoms with Crippen LogP contribution >= 0.6 is 0 Å². The molecule has 2 rings (SSSR count). The molecule has 94 valence electrons. The Balaban J connectivity index is 1.96. The topological polar surface area (TPSA) is 58.7 Å². The number of hydrogen-bond acceptors (Lipinski definition) is 4. The first-order chi connectivity index (χ1) is 8.18. The summed E-state index contributed by atoms with van der Waals surface area (Å²) in [7, 11) is 2.02. The van der Waals surface area contributed by atoms with E-state index in [0.29, 0.717) is 18.3 Å². The van der Waals surface area contributed by atoms with Gasteiger partial charge in [0.05, 0.1) is 12.7 Å². The molecule has 0 amide bonds. The van der Waals surface area contributed by atoms with Gasteiger partial charge in [0, 0.05) is 30.4 Å². The molecule has 17 heavy (non-hydrogen) atoms. The number of anilines is 1. The smallest absolute Gasteiger partial charge is 0.0936 e. The zero-order chi connectivity index (χ0) is 12.3. The number of aliphatic hydroxyl groups excluding tert-OH is 1. The zero-order valence-electron chi connectivity index (χ0n) is 10.2. The summed E-state index contributed by atoms with van der Waals surface area (Å²) < 4.78 is 5.34. The van der Waals surface area contributed by atoms with Gasteiger partial charge in [-0.3, -0.25) is 4.90 Å². The molecule has 4 nitrogen and oxygen atoms in total. The Bertz CT molecular complexity index is 364. The highest BCUT2D eigenvalue weighted by Crippen LogP contribution is 2.22. The summed E-state index contributed by atoms with van der Waals surface area (Å²) >= 11 is 0. The molecule has 1 saturated heterocycles. The number of aliphatic hydroxyl groups is 1. The van der Waals surface area contributed by atoms with Crippen LogP contribution in [0, 0.1) is 0 Å². The highest BCUT2D eigenvalue weighted by Gasteiger charge is 2.23. The molecule has 1 fully saturated rings. The third-order valence-corrected chi connectivity index (χ3v) is 3.34. The van der Waals surface area contributed by atoms with Gasteiger partial charge < -0.3 is 15.6 Å². The van der Waals surface area contributed by atoms with Gasteiger partial charge in [0.25, 0.3) is 0 Å². The molecular formula is C13H20N2O2. The SMILES string of the molecule is CN(CC(O)c1ccccc1N)C1CCOC1. The van der Waals surface area contributed by atoms with E-state index in [4.69, 9.17) is 10.5 Å². The number of nitrogens with zero attached hydrogens (tertiary/aromatic N) is 1. The number of rotatable bonds is 4. The van der Waals surface area contributed by atoms with Crippen LogP contribution in [0.15, 0.2) is 24.3 Å². The van der Waals surface area contributed by atoms with E-state index in [1.165, 1.54) is 0 Å². The number of nitrogen functional groups attached to an aromatic ring is 1. The first-order valence-electron chi connectivity index (χ1n) is 5.99. The maximum Gasteiger partial charge on any atom is 0.0936 e. The normalized spacial score (nSPS) is 21.9. The van der Waals surface area contributed by atoms with Crippen LogP contribution in [0.4, 0.5) is 5.69 Å². The van der Waals surface area contributed by atoms with Crippen LogP contribution in [0.25, 0.3) is 0 Å². The molecule has 3 N–H and O–H groups in total. The molecular weight excluding hydrogens is 216 g/mol. The van der Waals surface area contributed by atoms with Crippen LogP contribution in [0.5, 0.6) is 0 Å². The standard InChI is InChI=1S/C13H20N2O2/c1-15(10-6-7-17-9-10)8-13(16)11-4-2-3-5-12(11)14/h2-5,10,13,16H,6-9,14H2,1H3. The minimum atomic E-state index is -0.540. The fraction of sp³-hybridized carbons (Fsp3) is 0.538. The average molecular weight is 236 g/mol. The lowest BCUT2D eigenvalue weighted by Gasteiger charge is -2.26. The lowest BCUT2D eigenvalue weighted by atomic mass is 10.1. The van der Waals surface area contributed by atoms with Gasteiger partial charge in [0.15, 0.2) is 0 Å². The van der Waals surface area contributed by atoms with E-state index in [9.17, 15) is 5.11 Å². The van der Waals surface area contributed by atoms with Gasteiger partial charge in [-0.1, -0.05) is 18.2 Å². The summed E-state index contributed by atoms with van der Waals surface area (Å²) in [6.07, 6.45) is 0.495. The van der Waals surface area contributed by atoms with E-state index in [0.717, 1.165) is 25.2 Å². The van der Waals surface area contributed by atoms with E-state index in [1.807, 2.05) is 31.3 Å². The maximum atomic E-state index is 10.2. The first-order valence-corrected chi connectivity index (χ1v) is 5.99. The quantitative estimate of drug-likeness (QED) is 0.766. The summed E-state index contributed by atoms with van der Waals surface area (Å²) in [5, 5.41) is 10.2. The van der Waals surface area contributed by atoms with E-state index in [2.05, 4.69) is 4.90 Å². The van der Waals surface area contributed by atoms with Gasteiger partial charge in [0.1, 0.15) is 0 Å². The van der Waals surface area contributed by atoms with Crippen molar-refractivity contribution >= 4 is 5.69 Å². The van der Waals surface area contributed by atoms with Crippen LogP contribution < -0.4 is 5.73 Å². The number of hydrogen-bond donors (Lipinski definition) is 2. The molecule has 0 spiro atoms. The summed E-state index contributed by atoms with van der Waals surface area (Å²) in [4.78, 5) is 2.14. The predicted molar refractivity (Wildman–Crippen MR) is 67.7 cm³/mol. The van der Waals surface area contributed by atoms with Crippen molar-refractivity contribution in [2.45, 2.75) is 18.6 Å². The molecule has 1 aliphatic rings. The number of likely N-dealkylation sites (N-methyl/N-ethyl adjacent to an activating group) is 1. The Labute approximate surface area is 102 Å².